The van der Waals surface area contributed by atoms with Crippen molar-refractivity contribution in [3.63, 3.8) is 0 Å². The van der Waals surface area contributed by atoms with E-state index >= 15 is 0 Å². The number of allylic oxidation sites excluding steroid dienone is 6. The Kier molecular flexibility index (Phi) is 5.82. The van der Waals surface area contributed by atoms with Gasteiger partial charge in [0.2, 0.25) is 0 Å². The molecule has 1 spiro atoms. The second kappa shape index (κ2) is 7.74. The third kappa shape index (κ3) is 4.34. The van der Waals surface area contributed by atoms with Gasteiger partial charge in [0.1, 0.15) is 0 Å². The van der Waals surface area contributed by atoms with Gasteiger partial charge in [-0.05, 0) is 35.2 Å². The van der Waals surface area contributed by atoms with Crippen LogP contribution in [0.2, 0.25) is 0 Å². The average molecular weight is 391 g/mol. The fourth-order valence-electron chi connectivity index (χ4n) is 4.95. The maximum Gasteiger partial charge on any atom is 0.185 e. The molecular formula is C28H38O. The van der Waals surface area contributed by atoms with E-state index in [0.717, 1.165) is 30.4 Å². The lowest BCUT2D eigenvalue weighted by Gasteiger charge is -2.46. The van der Waals surface area contributed by atoms with Crippen LogP contribution in [0.5, 0.6) is 0 Å². The minimum absolute atomic E-state index is 0.0929. The predicted molar refractivity (Wildman–Crippen MR) is 124 cm³/mol. The Labute approximate surface area is 178 Å². The van der Waals surface area contributed by atoms with Crippen molar-refractivity contribution in [3.05, 3.63) is 71.3 Å². The summed E-state index contributed by atoms with van der Waals surface area (Å²) in [5, 5.41) is 0. The molecule has 0 radical (unpaired) electrons. The molecule has 0 heterocycles. The number of Topliss-reactive ketones (excluding diaryl/α,β-unsaturated/α-hetero) is 1. The maximum atomic E-state index is 13.5. The van der Waals surface area contributed by atoms with E-state index in [1.807, 2.05) is 0 Å². The number of rotatable bonds is 3. The topological polar surface area (TPSA) is 17.1 Å². The molecule has 1 nitrogen and oxygen atoms in total. The highest BCUT2D eigenvalue weighted by Gasteiger charge is 2.45. The smallest absolute Gasteiger partial charge is 0.185 e. The van der Waals surface area contributed by atoms with Gasteiger partial charge < -0.3 is 0 Å². The summed E-state index contributed by atoms with van der Waals surface area (Å²) < 4.78 is 0. The van der Waals surface area contributed by atoms with Crippen molar-refractivity contribution in [3.8, 4) is 0 Å². The lowest BCUT2D eigenvalue weighted by atomic mass is 9.57. The molecule has 0 aliphatic heterocycles. The van der Waals surface area contributed by atoms with Gasteiger partial charge in [0, 0.05) is 22.5 Å². The molecule has 1 aromatic rings. The van der Waals surface area contributed by atoms with Crippen LogP contribution in [0.4, 0.5) is 0 Å². The summed E-state index contributed by atoms with van der Waals surface area (Å²) in [5.74, 6) is 1.07. The standard InChI is InChI=1S/C28H38O/c1-8-12-22-16-15-21(20-13-10-9-11-14-20)17-28(22)18-23(26(2,3)4)25(29)24(19-28)27(5,6)7/h9-11,13-16,18-19,21-22H,8,12,17H2,1-7H3. The van der Waals surface area contributed by atoms with Crippen LogP contribution in [0.15, 0.2) is 65.8 Å². The molecule has 1 heteroatoms. The van der Waals surface area contributed by atoms with Crippen LogP contribution in [0.3, 0.4) is 0 Å². The summed E-state index contributed by atoms with van der Waals surface area (Å²) in [6.45, 7) is 15.3. The average Bonchev–Trinajstić information content (AvgIpc) is 2.64. The van der Waals surface area contributed by atoms with Crippen molar-refractivity contribution in [1.29, 1.82) is 0 Å². The SMILES string of the molecule is CCCC1C=CC(c2ccccc2)CC12C=C(C(C)(C)C)C(=O)C(C(C)(C)C)=C2. The molecule has 2 atom stereocenters. The zero-order chi connectivity index (χ0) is 21.4. The third-order valence-corrected chi connectivity index (χ3v) is 6.60. The first-order valence-electron chi connectivity index (χ1n) is 11.2. The number of carbonyl (C=O) groups is 1. The molecular weight excluding hydrogens is 352 g/mol. The van der Waals surface area contributed by atoms with Gasteiger partial charge in [-0.25, -0.2) is 0 Å². The van der Waals surface area contributed by atoms with Crippen molar-refractivity contribution >= 4 is 5.78 Å². The van der Waals surface area contributed by atoms with Gasteiger partial charge in [0.05, 0.1) is 0 Å². The predicted octanol–water partition coefficient (Wildman–Crippen LogP) is 7.66. The molecule has 2 aliphatic carbocycles. The molecule has 156 valence electrons. The lowest BCUT2D eigenvalue weighted by molar-refractivity contribution is -0.114. The molecule has 0 fully saturated rings. The van der Waals surface area contributed by atoms with Gasteiger partial charge in [-0.2, -0.15) is 0 Å². The van der Waals surface area contributed by atoms with Crippen LogP contribution in [-0.4, -0.2) is 5.78 Å². The number of hydrogen-bond donors (Lipinski definition) is 0. The summed E-state index contributed by atoms with van der Waals surface area (Å²) in [6.07, 6.45) is 12.9. The second-order valence-electron chi connectivity index (χ2n) is 11.1. The summed E-state index contributed by atoms with van der Waals surface area (Å²) in [5.41, 5.74) is 2.95. The molecule has 0 amide bonds. The summed E-state index contributed by atoms with van der Waals surface area (Å²) in [7, 11) is 0. The van der Waals surface area contributed by atoms with Gasteiger partial charge in [0.15, 0.2) is 5.78 Å². The minimum Gasteiger partial charge on any atom is -0.289 e. The molecule has 0 saturated heterocycles. The largest absolute Gasteiger partial charge is 0.289 e. The number of carbonyl (C=O) groups excluding carboxylic acids is 1. The molecule has 2 unspecified atom stereocenters. The highest BCUT2D eigenvalue weighted by molar-refractivity contribution is 6.11. The molecule has 2 aliphatic rings. The van der Waals surface area contributed by atoms with Crippen LogP contribution < -0.4 is 0 Å². The second-order valence-corrected chi connectivity index (χ2v) is 11.1. The first kappa shape index (κ1) is 21.8. The maximum absolute atomic E-state index is 13.5. The first-order chi connectivity index (χ1) is 13.5. The number of benzene rings is 1. The van der Waals surface area contributed by atoms with Crippen molar-refractivity contribution in [2.75, 3.05) is 0 Å². The third-order valence-electron chi connectivity index (χ3n) is 6.60. The van der Waals surface area contributed by atoms with Crippen LogP contribution in [0.25, 0.3) is 0 Å². The van der Waals surface area contributed by atoms with Gasteiger partial charge in [-0.15, -0.1) is 0 Å². The summed E-state index contributed by atoms with van der Waals surface area (Å²) >= 11 is 0. The number of hydrogen-bond acceptors (Lipinski definition) is 1. The first-order valence-corrected chi connectivity index (χ1v) is 11.2. The molecule has 1 aromatic carbocycles. The fourth-order valence-corrected chi connectivity index (χ4v) is 4.95. The van der Waals surface area contributed by atoms with Gasteiger partial charge in [-0.3, -0.25) is 4.79 Å². The van der Waals surface area contributed by atoms with E-state index in [9.17, 15) is 4.79 Å². The molecule has 0 bridgehead atoms. The molecule has 29 heavy (non-hydrogen) atoms. The van der Waals surface area contributed by atoms with Crippen molar-refractivity contribution in [1.82, 2.24) is 0 Å². The van der Waals surface area contributed by atoms with E-state index in [1.165, 1.54) is 5.56 Å². The highest BCUT2D eigenvalue weighted by Crippen LogP contribution is 2.53. The zero-order valence-electron chi connectivity index (χ0n) is 19.4. The Hall–Kier alpha value is -1.89. The summed E-state index contributed by atoms with van der Waals surface area (Å²) in [4.78, 5) is 13.5. The van der Waals surface area contributed by atoms with Gasteiger partial charge >= 0.3 is 0 Å². The Balaban J connectivity index is 2.19. The Bertz CT molecular complexity index is 803. The van der Waals surface area contributed by atoms with Crippen LogP contribution in [0.1, 0.15) is 79.2 Å². The van der Waals surface area contributed by atoms with E-state index in [-0.39, 0.29) is 22.0 Å². The molecule has 0 saturated carbocycles. The van der Waals surface area contributed by atoms with E-state index in [1.54, 1.807) is 0 Å². The van der Waals surface area contributed by atoms with Gasteiger partial charge in [0.25, 0.3) is 0 Å². The monoisotopic (exact) mass is 390 g/mol. The molecule has 0 N–H and O–H groups in total. The van der Waals surface area contributed by atoms with Crippen molar-refractivity contribution in [2.24, 2.45) is 22.2 Å². The summed E-state index contributed by atoms with van der Waals surface area (Å²) in [6, 6.07) is 10.8. The Morgan fingerprint density at radius 3 is 1.93 bits per heavy atom. The van der Waals surface area contributed by atoms with Crippen LogP contribution >= 0.6 is 0 Å². The molecule has 0 aromatic heterocycles. The normalized spacial score (nSPS) is 24.4. The van der Waals surface area contributed by atoms with Crippen molar-refractivity contribution < 1.29 is 4.79 Å². The zero-order valence-corrected chi connectivity index (χ0v) is 19.4. The Morgan fingerprint density at radius 2 is 1.45 bits per heavy atom. The van der Waals surface area contributed by atoms with Crippen molar-refractivity contribution in [2.45, 2.75) is 73.6 Å². The highest BCUT2D eigenvalue weighted by atomic mass is 16.1. The lowest BCUT2D eigenvalue weighted by Crippen LogP contribution is -2.39. The van der Waals surface area contributed by atoms with E-state index in [0.29, 0.717) is 11.8 Å². The van der Waals surface area contributed by atoms with E-state index in [2.05, 4.69) is 103 Å². The minimum atomic E-state index is -0.158. The quantitative estimate of drug-likeness (QED) is 0.484. The van der Waals surface area contributed by atoms with Crippen LogP contribution in [0, 0.1) is 22.2 Å². The molecule has 3 rings (SSSR count). The van der Waals surface area contributed by atoms with E-state index in [4.69, 9.17) is 0 Å². The number of ketones is 1. The Morgan fingerprint density at radius 1 is 0.897 bits per heavy atom. The van der Waals surface area contributed by atoms with Gasteiger partial charge in [-0.1, -0.05) is 110 Å². The van der Waals surface area contributed by atoms with E-state index < -0.39 is 0 Å². The fraction of sp³-hybridized carbons (Fsp3) is 0.536. The van der Waals surface area contributed by atoms with Crippen LogP contribution in [-0.2, 0) is 4.79 Å².